The van der Waals surface area contributed by atoms with Gasteiger partial charge in [0.05, 0.1) is 5.56 Å². The topological polar surface area (TPSA) is 99.9 Å². The molecular weight excluding hydrogens is 240 g/mol. The van der Waals surface area contributed by atoms with Crippen LogP contribution < -0.4 is 5.32 Å². The van der Waals surface area contributed by atoms with Crippen LogP contribution in [0.5, 0.6) is 0 Å². The van der Waals surface area contributed by atoms with Crippen molar-refractivity contribution in [3.63, 3.8) is 0 Å². The zero-order valence-electron chi connectivity index (χ0n) is 9.51. The normalized spacial score (nSPS) is 16.0. The third-order valence-corrected chi connectivity index (χ3v) is 2.66. The maximum absolute atomic E-state index is 12.0. The number of aromatic carboxylic acids is 1. The van der Waals surface area contributed by atoms with Gasteiger partial charge in [0.1, 0.15) is 6.26 Å². The number of carboxylic acid groups (broad SMARTS) is 1. The SMILES string of the molecule is O=C1CCN(C(=O)c2cc(C(=O)O)co2)CCN1. The second-order valence-electron chi connectivity index (χ2n) is 3.90. The zero-order valence-corrected chi connectivity index (χ0v) is 9.51. The summed E-state index contributed by atoms with van der Waals surface area (Å²) in [5.74, 6) is -1.68. The summed E-state index contributed by atoms with van der Waals surface area (Å²) in [6.45, 7) is 1.07. The zero-order chi connectivity index (χ0) is 13.1. The summed E-state index contributed by atoms with van der Waals surface area (Å²) in [5.41, 5.74) is -0.0672. The van der Waals surface area contributed by atoms with E-state index in [2.05, 4.69) is 5.32 Å². The molecule has 0 aromatic carbocycles. The van der Waals surface area contributed by atoms with Crippen LogP contribution in [0.3, 0.4) is 0 Å². The average Bonchev–Trinajstić information content (AvgIpc) is 2.73. The van der Waals surface area contributed by atoms with Crippen molar-refractivity contribution in [3.05, 3.63) is 23.7 Å². The van der Waals surface area contributed by atoms with Gasteiger partial charge in [0.15, 0.2) is 5.76 Å². The van der Waals surface area contributed by atoms with Crippen molar-refractivity contribution in [3.8, 4) is 0 Å². The van der Waals surface area contributed by atoms with Crippen LogP contribution in [0.4, 0.5) is 0 Å². The van der Waals surface area contributed by atoms with Gasteiger partial charge in [0, 0.05) is 32.1 Å². The lowest BCUT2D eigenvalue weighted by molar-refractivity contribution is -0.120. The van der Waals surface area contributed by atoms with E-state index in [9.17, 15) is 14.4 Å². The van der Waals surface area contributed by atoms with E-state index in [1.165, 1.54) is 11.0 Å². The quantitative estimate of drug-likeness (QED) is 0.768. The number of carboxylic acids is 1. The standard InChI is InChI=1S/C11H12N2O5/c14-9-1-3-13(4-2-12-9)10(15)8-5-7(6-18-8)11(16)17/h5-6H,1-4H2,(H,12,14)(H,16,17). The molecule has 7 heteroatoms. The summed E-state index contributed by atoms with van der Waals surface area (Å²) in [7, 11) is 0. The fourth-order valence-corrected chi connectivity index (χ4v) is 1.69. The van der Waals surface area contributed by atoms with Gasteiger partial charge in [-0.1, -0.05) is 0 Å². The van der Waals surface area contributed by atoms with E-state index in [1.54, 1.807) is 0 Å². The average molecular weight is 252 g/mol. The molecule has 2 heterocycles. The molecule has 0 bridgehead atoms. The lowest BCUT2D eigenvalue weighted by Gasteiger charge is -2.17. The molecule has 96 valence electrons. The summed E-state index contributed by atoms with van der Waals surface area (Å²) in [4.78, 5) is 35.3. The highest BCUT2D eigenvalue weighted by molar-refractivity contribution is 5.95. The lowest BCUT2D eigenvalue weighted by atomic mass is 10.3. The monoisotopic (exact) mass is 252 g/mol. The number of rotatable bonds is 2. The minimum atomic E-state index is -1.15. The van der Waals surface area contributed by atoms with Crippen LogP contribution in [0, 0.1) is 0 Å². The summed E-state index contributed by atoms with van der Waals surface area (Å²) < 4.78 is 4.93. The molecule has 0 saturated carbocycles. The Morgan fingerprint density at radius 2 is 2.17 bits per heavy atom. The molecule has 0 unspecified atom stereocenters. The van der Waals surface area contributed by atoms with Crippen molar-refractivity contribution < 1.29 is 23.9 Å². The van der Waals surface area contributed by atoms with E-state index in [4.69, 9.17) is 9.52 Å². The minimum absolute atomic E-state index is 0.0262. The number of carbonyl (C=O) groups is 3. The van der Waals surface area contributed by atoms with Crippen LogP contribution in [0.15, 0.2) is 16.7 Å². The van der Waals surface area contributed by atoms with Crippen molar-refractivity contribution in [2.45, 2.75) is 6.42 Å². The fourth-order valence-electron chi connectivity index (χ4n) is 1.69. The molecule has 0 radical (unpaired) electrons. The first-order valence-corrected chi connectivity index (χ1v) is 5.46. The Labute approximate surface area is 102 Å². The maximum atomic E-state index is 12.0. The predicted octanol–water partition coefficient (Wildman–Crippen LogP) is -0.0601. The third kappa shape index (κ3) is 2.50. The molecule has 1 aromatic rings. The number of furan rings is 1. The van der Waals surface area contributed by atoms with Crippen molar-refractivity contribution >= 4 is 17.8 Å². The number of hydrogen-bond donors (Lipinski definition) is 2. The Morgan fingerprint density at radius 1 is 1.39 bits per heavy atom. The van der Waals surface area contributed by atoms with Crippen LogP contribution in [-0.2, 0) is 4.79 Å². The van der Waals surface area contributed by atoms with Gasteiger partial charge in [-0.05, 0) is 0 Å². The van der Waals surface area contributed by atoms with Gasteiger partial charge in [-0.3, -0.25) is 9.59 Å². The Balaban J connectivity index is 2.09. The molecule has 1 saturated heterocycles. The first kappa shape index (κ1) is 12.2. The second-order valence-corrected chi connectivity index (χ2v) is 3.90. The van der Waals surface area contributed by atoms with E-state index >= 15 is 0 Å². The van der Waals surface area contributed by atoms with Gasteiger partial charge in [-0.15, -0.1) is 0 Å². The van der Waals surface area contributed by atoms with Crippen LogP contribution in [0.1, 0.15) is 27.3 Å². The lowest BCUT2D eigenvalue weighted by Crippen LogP contribution is -2.34. The van der Waals surface area contributed by atoms with Crippen molar-refractivity contribution in [1.29, 1.82) is 0 Å². The van der Waals surface area contributed by atoms with Gasteiger partial charge in [-0.2, -0.15) is 0 Å². The highest BCUT2D eigenvalue weighted by Crippen LogP contribution is 2.11. The molecule has 18 heavy (non-hydrogen) atoms. The molecule has 1 fully saturated rings. The van der Waals surface area contributed by atoms with Crippen LogP contribution >= 0.6 is 0 Å². The largest absolute Gasteiger partial charge is 0.478 e. The van der Waals surface area contributed by atoms with Crippen LogP contribution in [0.25, 0.3) is 0 Å². The van der Waals surface area contributed by atoms with Gasteiger partial charge in [0.2, 0.25) is 5.91 Å². The number of amides is 2. The molecule has 7 nitrogen and oxygen atoms in total. The van der Waals surface area contributed by atoms with E-state index in [1.807, 2.05) is 0 Å². The van der Waals surface area contributed by atoms with Gasteiger partial charge < -0.3 is 19.7 Å². The Kier molecular flexibility index (Phi) is 3.31. The summed E-state index contributed by atoms with van der Waals surface area (Å²) in [5, 5.41) is 11.4. The van der Waals surface area contributed by atoms with Crippen molar-refractivity contribution in [1.82, 2.24) is 10.2 Å². The smallest absolute Gasteiger partial charge is 0.338 e. The highest BCUT2D eigenvalue weighted by Gasteiger charge is 2.23. The molecule has 2 amide bonds. The number of carbonyl (C=O) groups excluding carboxylic acids is 2. The Morgan fingerprint density at radius 3 is 2.83 bits per heavy atom. The fraction of sp³-hybridized carbons (Fsp3) is 0.364. The molecule has 0 atom stereocenters. The number of nitrogens with zero attached hydrogens (tertiary/aromatic N) is 1. The molecule has 0 spiro atoms. The van der Waals surface area contributed by atoms with Crippen LogP contribution in [0.2, 0.25) is 0 Å². The Bertz CT molecular complexity index is 493. The van der Waals surface area contributed by atoms with E-state index in [-0.39, 0.29) is 23.7 Å². The van der Waals surface area contributed by atoms with Gasteiger partial charge in [-0.25, -0.2) is 4.79 Å². The molecule has 1 aliphatic rings. The first-order chi connectivity index (χ1) is 8.58. The maximum Gasteiger partial charge on any atom is 0.338 e. The molecule has 1 aliphatic heterocycles. The van der Waals surface area contributed by atoms with Crippen molar-refractivity contribution in [2.75, 3.05) is 19.6 Å². The second kappa shape index (κ2) is 4.91. The number of hydrogen-bond acceptors (Lipinski definition) is 4. The van der Waals surface area contributed by atoms with Crippen molar-refractivity contribution in [2.24, 2.45) is 0 Å². The molecule has 2 rings (SSSR count). The molecular formula is C11H12N2O5. The summed E-state index contributed by atoms with van der Waals surface area (Å²) in [6, 6.07) is 1.19. The van der Waals surface area contributed by atoms with E-state index < -0.39 is 11.9 Å². The van der Waals surface area contributed by atoms with E-state index in [0.29, 0.717) is 19.6 Å². The van der Waals surface area contributed by atoms with E-state index in [0.717, 1.165) is 6.26 Å². The number of nitrogens with one attached hydrogen (secondary N) is 1. The predicted molar refractivity (Wildman–Crippen MR) is 59.2 cm³/mol. The molecule has 2 N–H and O–H groups in total. The minimum Gasteiger partial charge on any atom is -0.478 e. The van der Waals surface area contributed by atoms with Crippen LogP contribution in [-0.4, -0.2) is 47.4 Å². The third-order valence-electron chi connectivity index (χ3n) is 2.66. The first-order valence-electron chi connectivity index (χ1n) is 5.46. The van der Waals surface area contributed by atoms with Gasteiger partial charge >= 0.3 is 5.97 Å². The summed E-state index contributed by atoms with van der Waals surface area (Å²) >= 11 is 0. The summed E-state index contributed by atoms with van der Waals surface area (Å²) in [6.07, 6.45) is 1.26. The highest BCUT2D eigenvalue weighted by atomic mass is 16.4. The molecule has 0 aliphatic carbocycles. The van der Waals surface area contributed by atoms with Gasteiger partial charge in [0.25, 0.3) is 5.91 Å². The Hall–Kier alpha value is -2.31. The molecule has 1 aromatic heterocycles.